The molecule has 2 aromatic carbocycles. The highest BCUT2D eigenvalue weighted by atomic mass is 32.2. The lowest BCUT2D eigenvalue weighted by Gasteiger charge is -2.23. The van der Waals surface area contributed by atoms with Crippen molar-refractivity contribution in [2.24, 2.45) is 0 Å². The summed E-state index contributed by atoms with van der Waals surface area (Å²) < 4.78 is 35.6. The molecule has 26 heavy (non-hydrogen) atoms. The van der Waals surface area contributed by atoms with Gasteiger partial charge in [0.1, 0.15) is 11.5 Å². The Morgan fingerprint density at radius 3 is 2.27 bits per heavy atom. The second-order valence-corrected chi connectivity index (χ2v) is 7.43. The van der Waals surface area contributed by atoms with E-state index in [1.165, 1.54) is 11.4 Å². The lowest BCUT2D eigenvalue weighted by atomic mass is 10.2. The fraction of sp³-hybridized carbons (Fsp3) is 0.278. The molecule has 2 aromatic rings. The van der Waals surface area contributed by atoms with Crippen LogP contribution in [0.3, 0.4) is 0 Å². The number of rotatable bonds is 8. The second-order valence-electron chi connectivity index (χ2n) is 5.52. The average Bonchev–Trinajstić information content (AvgIpc) is 2.64. The third-order valence-corrected chi connectivity index (χ3v) is 4.89. The summed E-state index contributed by atoms with van der Waals surface area (Å²) in [6, 6.07) is 13.4. The minimum atomic E-state index is -3.50. The summed E-state index contributed by atoms with van der Waals surface area (Å²) in [6.45, 7) is 0.267. The number of nitrogens with zero attached hydrogens (tertiary/aromatic N) is 1. The van der Waals surface area contributed by atoms with E-state index in [-0.39, 0.29) is 19.0 Å². The zero-order valence-corrected chi connectivity index (χ0v) is 15.7. The van der Waals surface area contributed by atoms with Crippen LogP contribution in [0.25, 0.3) is 0 Å². The van der Waals surface area contributed by atoms with Gasteiger partial charge in [-0.25, -0.2) is 8.42 Å². The Balaban J connectivity index is 2.04. The number of hydrogen-bond acceptors (Lipinski definition) is 5. The summed E-state index contributed by atoms with van der Waals surface area (Å²) >= 11 is 0. The van der Waals surface area contributed by atoms with E-state index >= 15 is 0 Å². The van der Waals surface area contributed by atoms with Gasteiger partial charge >= 0.3 is 0 Å². The number of benzene rings is 2. The van der Waals surface area contributed by atoms with Crippen molar-refractivity contribution in [3.05, 3.63) is 54.1 Å². The maximum absolute atomic E-state index is 12.2. The first-order valence-electron chi connectivity index (χ1n) is 7.89. The number of hydrogen-bond donors (Lipinski definition) is 1. The Morgan fingerprint density at radius 1 is 1.04 bits per heavy atom. The molecule has 0 atom stereocenters. The van der Waals surface area contributed by atoms with Crippen molar-refractivity contribution in [2.75, 3.05) is 37.9 Å². The summed E-state index contributed by atoms with van der Waals surface area (Å²) in [5.74, 6) is 0.924. The van der Waals surface area contributed by atoms with Gasteiger partial charge < -0.3 is 14.8 Å². The monoisotopic (exact) mass is 378 g/mol. The van der Waals surface area contributed by atoms with Crippen molar-refractivity contribution in [1.82, 2.24) is 5.32 Å². The molecule has 140 valence electrons. The molecule has 0 saturated heterocycles. The number of ether oxygens (including phenoxy) is 2. The van der Waals surface area contributed by atoms with Crippen molar-refractivity contribution in [3.63, 3.8) is 0 Å². The zero-order chi connectivity index (χ0) is 19.2. The molecule has 0 bridgehead atoms. The highest BCUT2D eigenvalue weighted by Gasteiger charge is 2.18. The highest BCUT2D eigenvalue weighted by Crippen LogP contribution is 2.22. The standard InChI is InChI=1S/C18H22N2O5S/c1-24-16-9-7-14(8-10-16)18(21)19-11-12-20(26(3,22)23)15-5-4-6-17(13-15)25-2/h4-10,13H,11-12H2,1-3H3,(H,19,21). The van der Waals surface area contributed by atoms with E-state index < -0.39 is 10.0 Å². The number of nitrogens with one attached hydrogen (secondary N) is 1. The number of carbonyl (C=O) groups excluding carboxylic acids is 1. The van der Waals surface area contributed by atoms with Crippen LogP contribution in [0.2, 0.25) is 0 Å². The number of anilines is 1. The molecular weight excluding hydrogens is 356 g/mol. The average molecular weight is 378 g/mol. The quantitative estimate of drug-likeness (QED) is 0.758. The molecule has 1 amide bonds. The van der Waals surface area contributed by atoms with Crippen LogP contribution in [0.15, 0.2) is 48.5 Å². The lowest BCUT2D eigenvalue weighted by Crippen LogP contribution is -2.38. The largest absolute Gasteiger partial charge is 0.497 e. The predicted octanol–water partition coefficient (Wildman–Crippen LogP) is 1.90. The van der Waals surface area contributed by atoms with Crippen molar-refractivity contribution < 1.29 is 22.7 Å². The second kappa shape index (κ2) is 8.57. The summed E-state index contributed by atoms with van der Waals surface area (Å²) in [4.78, 5) is 12.2. The van der Waals surface area contributed by atoms with E-state index in [2.05, 4.69) is 5.32 Å². The Hall–Kier alpha value is -2.74. The van der Waals surface area contributed by atoms with Crippen molar-refractivity contribution >= 4 is 21.6 Å². The van der Waals surface area contributed by atoms with E-state index in [9.17, 15) is 13.2 Å². The third-order valence-electron chi connectivity index (χ3n) is 3.69. The summed E-state index contributed by atoms with van der Waals surface area (Å²) in [7, 11) is -0.443. The summed E-state index contributed by atoms with van der Waals surface area (Å²) in [6.07, 6.45) is 1.12. The van der Waals surface area contributed by atoms with Gasteiger partial charge in [-0.3, -0.25) is 9.10 Å². The first kappa shape index (κ1) is 19.6. The van der Waals surface area contributed by atoms with Crippen LogP contribution in [0, 0.1) is 0 Å². The van der Waals surface area contributed by atoms with Gasteiger partial charge in [-0.2, -0.15) is 0 Å². The minimum absolute atomic E-state index is 0.105. The molecular formula is C18H22N2O5S. The molecule has 8 heteroatoms. The Morgan fingerprint density at radius 2 is 1.69 bits per heavy atom. The van der Waals surface area contributed by atoms with Gasteiger partial charge in [0, 0.05) is 18.2 Å². The van der Waals surface area contributed by atoms with Crippen molar-refractivity contribution in [1.29, 1.82) is 0 Å². The number of sulfonamides is 1. The fourth-order valence-corrected chi connectivity index (χ4v) is 3.29. The van der Waals surface area contributed by atoms with Gasteiger partial charge in [-0.15, -0.1) is 0 Å². The molecule has 2 rings (SSSR count). The van der Waals surface area contributed by atoms with E-state index in [1.54, 1.807) is 55.6 Å². The number of methoxy groups -OCH3 is 2. The smallest absolute Gasteiger partial charge is 0.251 e. The molecule has 7 nitrogen and oxygen atoms in total. The minimum Gasteiger partial charge on any atom is -0.497 e. The van der Waals surface area contributed by atoms with Crippen LogP contribution in [-0.2, 0) is 10.0 Å². The van der Waals surface area contributed by atoms with Gasteiger partial charge in [-0.05, 0) is 36.4 Å². The Kier molecular flexibility index (Phi) is 6.46. The predicted molar refractivity (Wildman–Crippen MR) is 101 cm³/mol. The van der Waals surface area contributed by atoms with Gasteiger partial charge in [0.05, 0.1) is 32.7 Å². The molecule has 0 aliphatic carbocycles. The topological polar surface area (TPSA) is 84.9 Å². The molecule has 0 radical (unpaired) electrons. The first-order valence-corrected chi connectivity index (χ1v) is 9.74. The van der Waals surface area contributed by atoms with Gasteiger partial charge in [0.15, 0.2) is 0 Å². The van der Waals surface area contributed by atoms with E-state index in [0.717, 1.165) is 6.26 Å². The Labute approximate surface area is 153 Å². The lowest BCUT2D eigenvalue weighted by molar-refractivity contribution is 0.0955. The van der Waals surface area contributed by atoms with Crippen LogP contribution < -0.4 is 19.1 Å². The normalized spacial score (nSPS) is 10.9. The van der Waals surface area contributed by atoms with Crippen molar-refractivity contribution in [2.45, 2.75) is 0 Å². The summed E-state index contributed by atoms with van der Waals surface area (Å²) in [5.41, 5.74) is 0.948. The maximum atomic E-state index is 12.2. The first-order chi connectivity index (χ1) is 12.3. The van der Waals surface area contributed by atoms with Crippen molar-refractivity contribution in [3.8, 4) is 11.5 Å². The van der Waals surface area contributed by atoms with Gasteiger partial charge in [0.2, 0.25) is 10.0 Å². The highest BCUT2D eigenvalue weighted by molar-refractivity contribution is 7.92. The SMILES string of the molecule is COc1ccc(C(=O)NCCN(c2cccc(OC)c2)S(C)(=O)=O)cc1. The molecule has 0 heterocycles. The molecule has 0 fully saturated rings. The molecule has 0 aromatic heterocycles. The van der Waals surface area contributed by atoms with Crippen LogP contribution in [-0.4, -0.2) is 47.9 Å². The molecule has 0 spiro atoms. The van der Waals surface area contributed by atoms with Crippen LogP contribution >= 0.6 is 0 Å². The number of amides is 1. The zero-order valence-electron chi connectivity index (χ0n) is 14.9. The van der Waals surface area contributed by atoms with Crippen LogP contribution in [0.4, 0.5) is 5.69 Å². The van der Waals surface area contributed by atoms with Gasteiger partial charge in [-0.1, -0.05) is 6.07 Å². The molecule has 0 unspecified atom stereocenters. The van der Waals surface area contributed by atoms with E-state index in [0.29, 0.717) is 22.7 Å². The molecule has 0 saturated carbocycles. The van der Waals surface area contributed by atoms with E-state index in [1.807, 2.05) is 0 Å². The molecule has 0 aliphatic rings. The van der Waals surface area contributed by atoms with Crippen LogP contribution in [0.5, 0.6) is 11.5 Å². The maximum Gasteiger partial charge on any atom is 0.251 e. The van der Waals surface area contributed by atoms with Gasteiger partial charge in [0.25, 0.3) is 5.91 Å². The number of carbonyl (C=O) groups is 1. The van der Waals surface area contributed by atoms with Crippen LogP contribution in [0.1, 0.15) is 10.4 Å². The molecule has 1 N–H and O–H groups in total. The van der Waals surface area contributed by atoms with E-state index in [4.69, 9.17) is 9.47 Å². The third kappa shape index (κ3) is 5.13. The fourth-order valence-electron chi connectivity index (χ4n) is 2.37. The summed E-state index contributed by atoms with van der Waals surface area (Å²) in [5, 5.41) is 2.72. The Bertz CT molecular complexity index is 850. The molecule has 0 aliphatic heterocycles.